The summed E-state index contributed by atoms with van der Waals surface area (Å²) in [5.41, 5.74) is 0. The average Bonchev–Trinajstić information content (AvgIpc) is 1.98. The second kappa shape index (κ2) is 7.29. The van der Waals surface area contributed by atoms with E-state index in [1.165, 1.54) is 0 Å². The Morgan fingerprint density at radius 1 is 1.60 bits per heavy atom. The molecular formula is C7H15ClFN. The van der Waals surface area contributed by atoms with Crippen LogP contribution in [0.2, 0.25) is 0 Å². The van der Waals surface area contributed by atoms with Crippen molar-refractivity contribution in [1.29, 1.82) is 0 Å². The lowest BCUT2D eigenvalue weighted by molar-refractivity contribution is 0.458. The summed E-state index contributed by atoms with van der Waals surface area (Å²) in [4.78, 5) is 0. The molecule has 0 heterocycles. The van der Waals surface area contributed by atoms with Crippen molar-refractivity contribution in [2.24, 2.45) is 0 Å². The first kappa shape index (κ1) is 10.2. The number of hydrogen-bond acceptors (Lipinski definition) is 1. The standard InChI is InChI=1S/C7H15ClFN/c1-2-7(8)6-10-5-3-4-9/h7,10H,2-6H2,1H3. The molecule has 0 saturated carbocycles. The second-order valence-electron chi connectivity index (χ2n) is 2.25. The van der Waals surface area contributed by atoms with Gasteiger partial charge in [-0.05, 0) is 19.4 Å². The Kier molecular flexibility index (Phi) is 7.42. The number of hydrogen-bond donors (Lipinski definition) is 1. The van der Waals surface area contributed by atoms with Crippen LogP contribution in [0.1, 0.15) is 19.8 Å². The Balaban J connectivity index is 2.89. The molecule has 0 radical (unpaired) electrons. The lowest BCUT2D eigenvalue weighted by atomic mass is 10.3. The summed E-state index contributed by atoms with van der Waals surface area (Å²) in [7, 11) is 0. The van der Waals surface area contributed by atoms with Gasteiger partial charge in [-0.1, -0.05) is 6.92 Å². The van der Waals surface area contributed by atoms with Crippen molar-refractivity contribution in [2.75, 3.05) is 19.8 Å². The molecule has 1 atom stereocenters. The first-order valence-corrected chi connectivity index (χ1v) is 4.15. The largest absolute Gasteiger partial charge is 0.315 e. The third kappa shape index (κ3) is 6.30. The van der Waals surface area contributed by atoms with Crippen LogP contribution in [0.5, 0.6) is 0 Å². The molecular weight excluding hydrogens is 153 g/mol. The van der Waals surface area contributed by atoms with Crippen LogP contribution in [0.3, 0.4) is 0 Å². The van der Waals surface area contributed by atoms with E-state index in [2.05, 4.69) is 5.32 Å². The normalized spacial score (nSPS) is 13.5. The van der Waals surface area contributed by atoms with Gasteiger partial charge < -0.3 is 5.32 Å². The Morgan fingerprint density at radius 2 is 2.30 bits per heavy atom. The smallest absolute Gasteiger partial charge is 0.0906 e. The molecule has 1 unspecified atom stereocenters. The van der Waals surface area contributed by atoms with Crippen molar-refractivity contribution in [2.45, 2.75) is 25.1 Å². The van der Waals surface area contributed by atoms with Crippen molar-refractivity contribution in [3.63, 3.8) is 0 Å². The molecule has 0 aliphatic carbocycles. The van der Waals surface area contributed by atoms with Gasteiger partial charge in [0.25, 0.3) is 0 Å². The Bertz CT molecular complexity index is 70.6. The molecule has 0 spiro atoms. The van der Waals surface area contributed by atoms with Crippen LogP contribution < -0.4 is 5.32 Å². The Morgan fingerprint density at radius 3 is 2.80 bits per heavy atom. The molecule has 0 aliphatic rings. The maximum absolute atomic E-state index is 11.5. The molecule has 62 valence electrons. The minimum atomic E-state index is -0.244. The van der Waals surface area contributed by atoms with Gasteiger partial charge in [-0.25, -0.2) is 0 Å². The molecule has 0 saturated heterocycles. The summed E-state index contributed by atoms with van der Waals surface area (Å²) >= 11 is 5.79. The van der Waals surface area contributed by atoms with Crippen LogP contribution in [-0.4, -0.2) is 25.1 Å². The molecule has 0 rings (SSSR count). The van der Waals surface area contributed by atoms with E-state index in [9.17, 15) is 4.39 Å². The minimum Gasteiger partial charge on any atom is -0.315 e. The van der Waals surface area contributed by atoms with Crippen LogP contribution in [-0.2, 0) is 0 Å². The first-order valence-electron chi connectivity index (χ1n) is 3.72. The fourth-order valence-corrected chi connectivity index (χ4v) is 0.704. The molecule has 0 aliphatic heterocycles. The van der Waals surface area contributed by atoms with Crippen LogP contribution >= 0.6 is 11.6 Å². The van der Waals surface area contributed by atoms with Crippen molar-refractivity contribution in [3.8, 4) is 0 Å². The second-order valence-corrected chi connectivity index (χ2v) is 2.87. The third-order valence-electron chi connectivity index (χ3n) is 1.30. The Labute approximate surface area is 66.9 Å². The highest BCUT2D eigenvalue weighted by atomic mass is 35.5. The molecule has 3 heteroatoms. The van der Waals surface area contributed by atoms with Crippen LogP contribution in [0.4, 0.5) is 4.39 Å². The van der Waals surface area contributed by atoms with E-state index in [1.807, 2.05) is 6.92 Å². The maximum Gasteiger partial charge on any atom is 0.0906 e. The van der Waals surface area contributed by atoms with E-state index >= 15 is 0 Å². The minimum absolute atomic E-state index is 0.194. The van der Waals surface area contributed by atoms with Gasteiger partial charge in [0, 0.05) is 11.9 Å². The summed E-state index contributed by atoms with van der Waals surface area (Å²) in [6, 6.07) is 0. The monoisotopic (exact) mass is 167 g/mol. The molecule has 0 aromatic heterocycles. The molecule has 0 amide bonds. The lowest BCUT2D eigenvalue weighted by Crippen LogP contribution is -2.23. The molecule has 0 aromatic rings. The van der Waals surface area contributed by atoms with Crippen LogP contribution in [0.25, 0.3) is 0 Å². The van der Waals surface area contributed by atoms with Crippen molar-refractivity contribution < 1.29 is 4.39 Å². The zero-order chi connectivity index (χ0) is 7.82. The van der Waals surface area contributed by atoms with Crippen LogP contribution in [0, 0.1) is 0 Å². The van der Waals surface area contributed by atoms with Gasteiger partial charge in [0.1, 0.15) is 0 Å². The quantitative estimate of drug-likeness (QED) is 0.471. The van der Waals surface area contributed by atoms with E-state index in [-0.39, 0.29) is 12.1 Å². The van der Waals surface area contributed by atoms with Gasteiger partial charge in [-0.2, -0.15) is 0 Å². The summed E-state index contributed by atoms with van der Waals surface area (Å²) in [6.07, 6.45) is 1.55. The molecule has 0 fully saturated rings. The summed E-state index contributed by atoms with van der Waals surface area (Å²) in [5.74, 6) is 0. The van der Waals surface area contributed by atoms with Gasteiger partial charge in [0.05, 0.1) is 6.67 Å². The van der Waals surface area contributed by atoms with E-state index in [0.717, 1.165) is 19.5 Å². The predicted octanol–water partition coefficient (Wildman–Crippen LogP) is 1.95. The maximum atomic E-state index is 11.5. The van der Waals surface area contributed by atoms with E-state index < -0.39 is 0 Å². The number of halogens is 2. The van der Waals surface area contributed by atoms with Gasteiger partial charge in [-0.15, -0.1) is 11.6 Å². The fourth-order valence-electron chi connectivity index (χ4n) is 0.595. The van der Waals surface area contributed by atoms with Gasteiger partial charge in [0.2, 0.25) is 0 Å². The highest BCUT2D eigenvalue weighted by Crippen LogP contribution is 1.97. The highest BCUT2D eigenvalue weighted by molar-refractivity contribution is 6.20. The average molecular weight is 168 g/mol. The number of rotatable bonds is 6. The van der Waals surface area contributed by atoms with Crippen LogP contribution in [0.15, 0.2) is 0 Å². The highest BCUT2D eigenvalue weighted by Gasteiger charge is 1.98. The topological polar surface area (TPSA) is 12.0 Å². The fraction of sp³-hybridized carbons (Fsp3) is 1.00. The van der Waals surface area contributed by atoms with Crippen molar-refractivity contribution >= 4 is 11.6 Å². The zero-order valence-electron chi connectivity index (χ0n) is 6.37. The molecule has 10 heavy (non-hydrogen) atoms. The predicted molar refractivity (Wildman–Crippen MR) is 43.4 cm³/mol. The van der Waals surface area contributed by atoms with E-state index in [1.54, 1.807) is 0 Å². The van der Waals surface area contributed by atoms with Gasteiger partial charge >= 0.3 is 0 Å². The van der Waals surface area contributed by atoms with E-state index in [0.29, 0.717) is 6.42 Å². The van der Waals surface area contributed by atoms with Crippen molar-refractivity contribution in [1.82, 2.24) is 5.32 Å². The van der Waals surface area contributed by atoms with E-state index in [4.69, 9.17) is 11.6 Å². The summed E-state index contributed by atoms with van der Waals surface area (Å²) < 4.78 is 11.5. The van der Waals surface area contributed by atoms with Gasteiger partial charge in [0.15, 0.2) is 0 Å². The molecule has 0 bridgehead atoms. The lowest BCUT2D eigenvalue weighted by Gasteiger charge is -2.06. The number of nitrogens with one attached hydrogen (secondary N) is 1. The first-order chi connectivity index (χ1) is 4.81. The third-order valence-corrected chi connectivity index (χ3v) is 1.76. The summed E-state index contributed by atoms with van der Waals surface area (Å²) in [5, 5.41) is 3.26. The number of alkyl halides is 2. The molecule has 0 aromatic carbocycles. The summed E-state index contributed by atoms with van der Waals surface area (Å²) in [6.45, 7) is 3.32. The molecule has 1 N–H and O–H groups in total. The van der Waals surface area contributed by atoms with Crippen molar-refractivity contribution in [3.05, 3.63) is 0 Å². The zero-order valence-corrected chi connectivity index (χ0v) is 7.12. The van der Waals surface area contributed by atoms with Gasteiger partial charge in [-0.3, -0.25) is 4.39 Å². The SMILES string of the molecule is CCC(Cl)CNCCCF. The molecule has 1 nitrogen and oxygen atoms in total. The Hall–Kier alpha value is 0.180.